The number of hydrogen-bond acceptors (Lipinski definition) is 2. The largest absolute Gasteiger partial charge is 0.354 e. The van der Waals surface area contributed by atoms with Gasteiger partial charge in [-0.3, -0.25) is 0 Å². The molecule has 0 aliphatic carbocycles. The SMILES string of the molecule is c1ccc(-c2ccc3nc4nc(c5cccc(c5)c5ccccc5c5ccc6[nH]c7cccc4c7c6c5)c3c2)cc1. The molecule has 190 valence electrons. The van der Waals surface area contributed by atoms with E-state index in [9.17, 15) is 0 Å². The zero-order valence-corrected chi connectivity index (χ0v) is 22.1. The lowest BCUT2D eigenvalue weighted by Crippen LogP contribution is -1.89. The number of benzene rings is 6. The molecule has 0 spiro atoms. The second kappa shape index (κ2) is 8.48. The first kappa shape index (κ1) is 22.3. The maximum atomic E-state index is 5.34. The van der Waals surface area contributed by atoms with E-state index >= 15 is 0 Å². The van der Waals surface area contributed by atoms with Gasteiger partial charge >= 0.3 is 0 Å². The number of hydrogen-bond donors (Lipinski definition) is 1. The summed E-state index contributed by atoms with van der Waals surface area (Å²) in [6.07, 6.45) is 0. The van der Waals surface area contributed by atoms with Gasteiger partial charge in [0.2, 0.25) is 0 Å². The molecule has 6 bridgehead atoms. The van der Waals surface area contributed by atoms with E-state index in [2.05, 4.69) is 138 Å². The van der Waals surface area contributed by atoms with Gasteiger partial charge in [0.1, 0.15) is 0 Å². The summed E-state index contributed by atoms with van der Waals surface area (Å²) in [5, 5.41) is 10.3. The number of nitrogens with one attached hydrogen (secondary N) is 1. The highest BCUT2D eigenvalue weighted by atomic mass is 14.9. The van der Waals surface area contributed by atoms with Crippen LogP contribution in [-0.4, -0.2) is 15.0 Å². The van der Waals surface area contributed by atoms with Crippen molar-refractivity contribution in [1.29, 1.82) is 0 Å². The van der Waals surface area contributed by atoms with Crippen LogP contribution >= 0.6 is 0 Å². The van der Waals surface area contributed by atoms with Crippen molar-refractivity contribution >= 4 is 76.2 Å². The Kier molecular flexibility index (Phi) is 4.61. The van der Waals surface area contributed by atoms with Crippen molar-refractivity contribution in [3.63, 3.8) is 0 Å². The third-order valence-electron chi connectivity index (χ3n) is 8.35. The quantitative estimate of drug-likeness (QED) is 0.233. The summed E-state index contributed by atoms with van der Waals surface area (Å²) < 4.78 is 0. The molecule has 0 saturated carbocycles. The van der Waals surface area contributed by atoms with E-state index in [1.54, 1.807) is 0 Å². The highest BCUT2D eigenvalue weighted by molar-refractivity contribution is 6.21. The summed E-state index contributed by atoms with van der Waals surface area (Å²) in [5.41, 5.74) is 7.14. The lowest BCUT2D eigenvalue weighted by Gasteiger charge is -2.07. The number of nitrogens with zero attached hydrogens (tertiary/aromatic N) is 2. The van der Waals surface area contributed by atoms with Crippen LogP contribution < -0.4 is 0 Å². The molecular formula is C38H23N3. The standard InChI is InChI=1S/C38H23N3/c1-2-8-23(9-3-1)24-16-18-34-32(21-24)37-27-11-6-10-25(20-27)28-12-4-5-13-29(28)26-17-19-33-31(22-26)36-30(38(40-34)41-37)14-7-15-35(36)39-33/h1-22,39H. The van der Waals surface area contributed by atoms with Crippen molar-refractivity contribution in [2.45, 2.75) is 0 Å². The van der Waals surface area contributed by atoms with Gasteiger partial charge in [-0.25, -0.2) is 9.97 Å². The summed E-state index contributed by atoms with van der Waals surface area (Å²) >= 11 is 0. The van der Waals surface area contributed by atoms with Crippen LogP contribution in [0.3, 0.4) is 0 Å². The number of H-pyrrole nitrogens is 1. The molecule has 6 aromatic carbocycles. The van der Waals surface area contributed by atoms with Gasteiger partial charge in [0.15, 0.2) is 5.65 Å². The second-order valence-electron chi connectivity index (χ2n) is 10.7. The maximum absolute atomic E-state index is 5.34. The molecule has 1 N–H and O–H groups in total. The van der Waals surface area contributed by atoms with Crippen LogP contribution in [0.4, 0.5) is 0 Å². The first-order chi connectivity index (χ1) is 20.3. The Morgan fingerprint density at radius 3 is 2.05 bits per heavy atom. The molecule has 9 aromatic rings. The zero-order chi connectivity index (χ0) is 26.9. The Hall–Kier alpha value is -5.54. The molecule has 0 radical (unpaired) electrons. The lowest BCUT2D eigenvalue weighted by molar-refractivity contribution is 1.38. The molecule has 0 aliphatic rings. The minimum absolute atomic E-state index is 0.735. The van der Waals surface area contributed by atoms with Crippen LogP contribution in [0.15, 0.2) is 133 Å². The number of aromatic amines is 1. The van der Waals surface area contributed by atoms with Crippen LogP contribution in [0.2, 0.25) is 0 Å². The van der Waals surface area contributed by atoms with Crippen LogP contribution in [-0.2, 0) is 0 Å². The molecule has 0 saturated heterocycles. The van der Waals surface area contributed by atoms with Crippen molar-refractivity contribution in [2.24, 2.45) is 0 Å². The maximum Gasteiger partial charge on any atom is 0.161 e. The topological polar surface area (TPSA) is 41.6 Å². The molecule has 3 nitrogen and oxygen atoms in total. The predicted molar refractivity (Wildman–Crippen MR) is 173 cm³/mol. The van der Waals surface area contributed by atoms with Crippen LogP contribution in [0.25, 0.3) is 87.3 Å². The summed E-state index contributed by atoms with van der Waals surface area (Å²) in [4.78, 5) is 14.2. The highest BCUT2D eigenvalue weighted by Gasteiger charge is 2.12. The van der Waals surface area contributed by atoms with Gasteiger partial charge in [0, 0.05) is 38.0 Å². The molecule has 0 atom stereocenters. The number of fused-ring (bicyclic) bond motifs is 12. The van der Waals surface area contributed by atoms with E-state index in [4.69, 9.17) is 9.97 Å². The average Bonchev–Trinajstić information content (AvgIpc) is 3.42. The Morgan fingerprint density at radius 1 is 0.415 bits per heavy atom. The molecular weight excluding hydrogens is 498 g/mol. The number of rotatable bonds is 1. The van der Waals surface area contributed by atoms with Crippen molar-refractivity contribution in [2.75, 3.05) is 0 Å². The van der Waals surface area contributed by atoms with E-state index in [0.29, 0.717) is 0 Å². The average molecular weight is 522 g/mol. The molecule has 0 unspecified atom stereocenters. The molecule has 3 aromatic heterocycles. The van der Waals surface area contributed by atoms with Crippen molar-refractivity contribution < 1.29 is 0 Å². The van der Waals surface area contributed by atoms with Gasteiger partial charge in [0.25, 0.3) is 0 Å². The summed E-state index contributed by atoms with van der Waals surface area (Å²) in [5.74, 6) is 0. The summed E-state index contributed by atoms with van der Waals surface area (Å²) in [6.45, 7) is 0. The number of aromatic nitrogens is 3. The molecule has 3 heteroatoms. The van der Waals surface area contributed by atoms with Gasteiger partial charge in [-0.2, -0.15) is 0 Å². The van der Waals surface area contributed by atoms with Crippen LogP contribution in [0.5, 0.6) is 0 Å². The van der Waals surface area contributed by atoms with Crippen molar-refractivity contribution in [1.82, 2.24) is 15.0 Å². The van der Waals surface area contributed by atoms with Gasteiger partial charge in [-0.15, -0.1) is 0 Å². The smallest absolute Gasteiger partial charge is 0.161 e. The first-order valence-electron chi connectivity index (χ1n) is 13.9. The molecule has 0 amide bonds. The van der Waals surface area contributed by atoms with Crippen LogP contribution in [0.1, 0.15) is 0 Å². The Balaban J connectivity index is 1.57. The Labute approximate surface area is 235 Å². The Morgan fingerprint density at radius 2 is 1.17 bits per heavy atom. The second-order valence-corrected chi connectivity index (χ2v) is 10.7. The van der Waals surface area contributed by atoms with Crippen molar-refractivity contribution in [3.05, 3.63) is 133 Å². The molecule has 0 aliphatic heterocycles. The zero-order valence-electron chi connectivity index (χ0n) is 22.1. The fourth-order valence-corrected chi connectivity index (χ4v) is 6.41. The van der Waals surface area contributed by atoms with E-state index in [1.807, 2.05) is 0 Å². The summed E-state index contributed by atoms with van der Waals surface area (Å²) in [7, 11) is 0. The Bertz CT molecular complexity index is 2530. The van der Waals surface area contributed by atoms with E-state index in [0.717, 1.165) is 54.8 Å². The normalized spacial score (nSPS) is 11.9. The minimum atomic E-state index is 0.735. The highest BCUT2D eigenvalue weighted by Crippen LogP contribution is 2.35. The van der Waals surface area contributed by atoms with Gasteiger partial charge < -0.3 is 4.98 Å². The fraction of sp³-hybridized carbons (Fsp3) is 0. The molecule has 41 heavy (non-hydrogen) atoms. The molecule has 0 fully saturated rings. The van der Waals surface area contributed by atoms with Crippen LogP contribution in [0, 0.1) is 0 Å². The third-order valence-corrected chi connectivity index (χ3v) is 8.35. The monoisotopic (exact) mass is 521 g/mol. The summed E-state index contributed by atoms with van der Waals surface area (Å²) in [6, 6.07) is 47.6. The van der Waals surface area contributed by atoms with E-state index in [1.165, 1.54) is 32.5 Å². The first-order valence-corrected chi connectivity index (χ1v) is 13.9. The van der Waals surface area contributed by atoms with Gasteiger partial charge in [0.05, 0.1) is 11.0 Å². The van der Waals surface area contributed by atoms with Crippen molar-refractivity contribution in [3.8, 4) is 11.1 Å². The van der Waals surface area contributed by atoms with Gasteiger partial charge in [-0.1, -0.05) is 97.1 Å². The fourth-order valence-electron chi connectivity index (χ4n) is 6.41. The predicted octanol–water partition coefficient (Wildman–Crippen LogP) is 10.1. The molecule has 9 rings (SSSR count). The molecule has 3 heterocycles. The van der Waals surface area contributed by atoms with E-state index in [-0.39, 0.29) is 0 Å². The lowest BCUT2D eigenvalue weighted by atomic mass is 10.0. The van der Waals surface area contributed by atoms with Gasteiger partial charge in [-0.05, 0) is 69.1 Å². The van der Waals surface area contributed by atoms with E-state index < -0.39 is 0 Å². The third kappa shape index (κ3) is 3.39. The minimum Gasteiger partial charge on any atom is -0.354 e.